The zero-order chi connectivity index (χ0) is 26.4. The van der Waals surface area contributed by atoms with Gasteiger partial charge in [0.15, 0.2) is 11.5 Å². The molecular formula is C25H40N6O4. The molecule has 0 saturated carbocycles. The van der Waals surface area contributed by atoms with E-state index in [2.05, 4.69) is 29.2 Å². The lowest BCUT2D eigenvalue weighted by Gasteiger charge is -2.54. The summed E-state index contributed by atoms with van der Waals surface area (Å²) in [6, 6.07) is 0. The zero-order valence-corrected chi connectivity index (χ0v) is 22.7. The first-order valence-electron chi connectivity index (χ1n) is 12.2. The van der Waals surface area contributed by atoms with Gasteiger partial charge in [-0.1, -0.05) is 13.8 Å². The highest BCUT2D eigenvalue weighted by atomic mass is 16.6. The van der Waals surface area contributed by atoms with Crippen molar-refractivity contribution in [2.45, 2.75) is 110 Å². The van der Waals surface area contributed by atoms with E-state index in [1.807, 2.05) is 55.4 Å². The van der Waals surface area contributed by atoms with Crippen LogP contribution in [0.15, 0.2) is 12.5 Å². The van der Waals surface area contributed by atoms with E-state index in [0.717, 1.165) is 5.56 Å². The summed E-state index contributed by atoms with van der Waals surface area (Å²) in [6.07, 6.45) is 3.46. The molecule has 2 aromatic rings. The van der Waals surface area contributed by atoms with Crippen LogP contribution in [0.2, 0.25) is 0 Å². The molecule has 1 atom stereocenters. The van der Waals surface area contributed by atoms with Crippen LogP contribution in [0.5, 0.6) is 0 Å². The summed E-state index contributed by atoms with van der Waals surface area (Å²) in [5.74, 6) is 0.596. The van der Waals surface area contributed by atoms with Gasteiger partial charge in [-0.05, 0) is 74.1 Å². The van der Waals surface area contributed by atoms with E-state index in [1.54, 1.807) is 21.9 Å². The fraction of sp³-hybridized carbons (Fsp3) is 0.720. The minimum Gasteiger partial charge on any atom is -0.444 e. The Bertz CT molecular complexity index is 1100. The fourth-order valence-corrected chi connectivity index (χ4v) is 4.51. The normalized spacial score (nSPS) is 20.7. The van der Waals surface area contributed by atoms with Crippen molar-refractivity contribution in [3.63, 3.8) is 0 Å². The Morgan fingerprint density at radius 3 is 2.29 bits per heavy atom. The van der Waals surface area contributed by atoms with Gasteiger partial charge in [-0.3, -0.25) is 0 Å². The van der Waals surface area contributed by atoms with Crippen LogP contribution in [0, 0.1) is 0 Å². The van der Waals surface area contributed by atoms with Crippen LogP contribution in [0.3, 0.4) is 0 Å². The second-order valence-corrected chi connectivity index (χ2v) is 12.0. The van der Waals surface area contributed by atoms with Gasteiger partial charge in [0.1, 0.15) is 23.1 Å². The minimum absolute atomic E-state index is 0.197. The number of amides is 2. The Labute approximate surface area is 207 Å². The Morgan fingerprint density at radius 2 is 1.71 bits per heavy atom. The molecule has 0 aliphatic carbocycles. The summed E-state index contributed by atoms with van der Waals surface area (Å²) in [4.78, 5) is 37.6. The molecule has 0 spiro atoms. The maximum atomic E-state index is 13.3. The van der Waals surface area contributed by atoms with E-state index in [1.165, 1.54) is 0 Å². The van der Waals surface area contributed by atoms with Crippen LogP contribution in [-0.2, 0) is 15.0 Å². The smallest absolute Gasteiger partial charge is 0.410 e. The number of nitrogens with one attached hydrogen (secondary N) is 1. The molecule has 3 heterocycles. The number of rotatable bonds is 3. The van der Waals surface area contributed by atoms with Crippen molar-refractivity contribution in [3.05, 3.63) is 23.9 Å². The molecule has 0 aromatic carbocycles. The molecular weight excluding hydrogens is 448 g/mol. The lowest BCUT2D eigenvalue weighted by molar-refractivity contribution is -0.0503. The van der Waals surface area contributed by atoms with E-state index >= 15 is 0 Å². The molecule has 1 aliphatic rings. The number of hydrogen-bond donors (Lipinski definition) is 1. The average Bonchev–Trinajstić information content (AvgIpc) is 3.10. The summed E-state index contributed by atoms with van der Waals surface area (Å²) < 4.78 is 13.0. The Morgan fingerprint density at radius 1 is 1.09 bits per heavy atom. The topological polar surface area (TPSA) is 111 Å². The Balaban J connectivity index is 2.16. The third kappa shape index (κ3) is 5.36. The summed E-state index contributed by atoms with van der Waals surface area (Å²) in [6.45, 7) is 19.3. The van der Waals surface area contributed by atoms with Crippen LogP contribution in [0.25, 0.3) is 5.65 Å². The number of piperidine rings is 1. The predicted octanol–water partition coefficient (Wildman–Crippen LogP) is 4.78. The van der Waals surface area contributed by atoms with Crippen LogP contribution in [0.4, 0.5) is 9.59 Å². The molecule has 3 rings (SSSR count). The second kappa shape index (κ2) is 8.95. The van der Waals surface area contributed by atoms with Crippen molar-refractivity contribution in [1.29, 1.82) is 0 Å². The van der Waals surface area contributed by atoms with Gasteiger partial charge in [0, 0.05) is 12.1 Å². The third-order valence-corrected chi connectivity index (χ3v) is 6.28. The fourth-order valence-electron chi connectivity index (χ4n) is 4.51. The van der Waals surface area contributed by atoms with Gasteiger partial charge in [-0.25, -0.2) is 24.1 Å². The van der Waals surface area contributed by atoms with E-state index in [9.17, 15) is 9.59 Å². The molecule has 0 radical (unpaired) electrons. The number of carbonyl (C=O) groups excluding carboxylic acids is 2. The number of alkyl carbamates (subject to hydrolysis) is 1. The first-order chi connectivity index (χ1) is 16.0. The number of aromatic nitrogens is 4. The third-order valence-electron chi connectivity index (χ3n) is 6.28. The van der Waals surface area contributed by atoms with Crippen LogP contribution < -0.4 is 5.32 Å². The summed E-state index contributed by atoms with van der Waals surface area (Å²) in [7, 11) is 0. The largest absolute Gasteiger partial charge is 0.444 e. The molecule has 1 unspecified atom stereocenters. The number of ether oxygens (including phenoxy) is 2. The standard InChI is InChI=1S/C25H40N6O4/c1-16(2)17-14-27-31-15-26-19(28-18(17)31)25(29-20(32)34-22(3,4)5)12-11-13-30(24(25,9)10)21(33)35-23(6,7)8/h14-16H,11-13H2,1-10H3,(H,29,32). The predicted molar refractivity (Wildman–Crippen MR) is 132 cm³/mol. The highest BCUT2D eigenvalue weighted by Gasteiger charge is 2.57. The maximum Gasteiger partial charge on any atom is 0.410 e. The van der Waals surface area contributed by atoms with Crippen molar-refractivity contribution < 1.29 is 19.1 Å². The van der Waals surface area contributed by atoms with Gasteiger partial charge >= 0.3 is 12.2 Å². The molecule has 2 amide bonds. The lowest BCUT2D eigenvalue weighted by atomic mass is 9.71. The monoisotopic (exact) mass is 488 g/mol. The molecule has 10 heteroatoms. The number of carbonyl (C=O) groups is 2. The summed E-state index contributed by atoms with van der Waals surface area (Å²) >= 11 is 0. The summed E-state index contributed by atoms with van der Waals surface area (Å²) in [5, 5.41) is 7.46. The minimum atomic E-state index is -1.13. The van der Waals surface area contributed by atoms with Gasteiger partial charge in [-0.2, -0.15) is 5.10 Å². The van der Waals surface area contributed by atoms with Gasteiger partial charge in [0.05, 0.1) is 11.7 Å². The average molecular weight is 489 g/mol. The molecule has 35 heavy (non-hydrogen) atoms. The zero-order valence-electron chi connectivity index (χ0n) is 22.7. The van der Waals surface area contributed by atoms with Gasteiger partial charge in [0.25, 0.3) is 0 Å². The number of nitrogens with zero attached hydrogens (tertiary/aromatic N) is 5. The van der Waals surface area contributed by atoms with Crippen molar-refractivity contribution in [3.8, 4) is 0 Å². The van der Waals surface area contributed by atoms with E-state index in [-0.39, 0.29) is 5.92 Å². The molecule has 2 aromatic heterocycles. The molecule has 10 nitrogen and oxygen atoms in total. The molecule has 1 saturated heterocycles. The highest BCUT2D eigenvalue weighted by molar-refractivity contribution is 5.72. The van der Waals surface area contributed by atoms with Gasteiger partial charge in [0.2, 0.25) is 0 Å². The first-order valence-corrected chi connectivity index (χ1v) is 12.2. The number of hydrogen-bond acceptors (Lipinski definition) is 7. The van der Waals surface area contributed by atoms with Crippen LogP contribution in [-0.4, -0.2) is 60.0 Å². The highest BCUT2D eigenvalue weighted by Crippen LogP contribution is 2.44. The Kier molecular flexibility index (Phi) is 6.82. The van der Waals surface area contributed by atoms with Crippen molar-refractivity contribution >= 4 is 17.8 Å². The van der Waals surface area contributed by atoms with Crippen molar-refractivity contribution in [2.75, 3.05) is 6.54 Å². The van der Waals surface area contributed by atoms with Crippen molar-refractivity contribution in [1.82, 2.24) is 29.8 Å². The quantitative estimate of drug-likeness (QED) is 0.662. The van der Waals surface area contributed by atoms with Crippen LogP contribution >= 0.6 is 0 Å². The van der Waals surface area contributed by atoms with Crippen LogP contribution in [0.1, 0.15) is 99.4 Å². The second-order valence-electron chi connectivity index (χ2n) is 12.0. The number of fused-ring (bicyclic) bond motifs is 1. The Hall–Kier alpha value is -2.91. The molecule has 1 aliphatic heterocycles. The molecule has 1 N–H and O–H groups in total. The SMILES string of the molecule is CC(C)c1cnn2cnc(C3(NC(=O)OC(C)(C)C)CCCN(C(=O)OC(C)(C)C)C3(C)C)nc12. The maximum absolute atomic E-state index is 13.3. The summed E-state index contributed by atoms with van der Waals surface area (Å²) in [5.41, 5.74) is -1.80. The number of likely N-dealkylation sites (tertiary alicyclic amines) is 1. The first kappa shape index (κ1) is 26.7. The van der Waals surface area contributed by atoms with E-state index in [4.69, 9.17) is 14.5 Å². The van der Waals surface area contributed by atoms with Gasteiger partial charge in [-0.15, -0.1) is 0 Å². The van der Waals surface area contributed by atoms with E-state index in [0.29, 0.717) is 30.9 Å². The van der Waals surface area contributed by atoms with Gasteiger partial charge < -0.3 is 19.7 Å². The molecule has 0 bridgehead atoms. The molecule has 1 fully saturated rings. The molecule has 194 valence electrons. The lowest BCUT2D eigenvalue weighted by Crippen LogP contribution is -2.71. The van der Waals surface area contributed by atoms with E-state index < -0.39 is 34.5 Å². The van der Waals surface area contributed by atoms with Crippen molar-refractivity contribution in [2.24, 2.45) is 0 Å².